The molecule has 0 radical (unpaired) electrons. The van der Waals surface area contributed by atoms with Gasteiger partial charge in [0.15, 0.2) is 0 Å². The maximum Gasteiger partial charge on any atom is 0.140 e. The minimum Gasteiger partial charge on any atom is -0.302 e. The van der Waals surface area contributed by atoms with Crippen molar-refractivity contribution in [2.24, 2.45) is 0 Å². The quantitative estimate of drug-likeness (QED) is 0.656. The first-order chi connectivity index (χ1) is 9.69. The predicted octanol–water partition coefficient (Wildman–Crippen LogP) is 4.28. The fourth-order valence-corrected chi connectivity index (χ4v) is 2.88. The molecule has 2 nitrogen and oxygen atoms in total. The molecule has 0 saturated heterocycles. The van der Waals surface area contributed by atoms with Crippen molar-refractivity contribution in [3.63, 3.8) is 0 Å². The highest BCUT2D eigenvalue weighted by Crippen LogP contribution is 2.20. The molecule has 0 aliphatic heterocycles. The van der Waals surface area contributed by atoms with Crippen LogP contribution in [0.3, 0.4) is 0 Å². The van der Waals surface area contributed by atoms with Gasteiger partial charge in [-0.25, -0.2) is 4.98 Å². The maximum atomic E-state index is 6.14. The van der Waals surface area contributed by atoms with Crippen molar-refractivity contribution in [1.82, 2.24) is 9.38 Å². The number of alkyl halides is 1. The first-order valence-corrected chi connectivity index (χ1v) is 7.29. The minimum atomic E-state index is 0.478. The van der Waals surface area contributed by atoms with Gasteiger partial charge in [0.25, 0.3) is 0 Å². The lowest BCUT2D eigenvalue weighted by atomic mass is 10.1. The summed E-state index contributed by atoms with van der Waals surface area (Å²) in [7, 11) is 0. The SMILES string of the molecule is Cc1cccc(Cc2nc3c(C)cccn3c2CCl)c1. The van der Waals surface area contributed by atoms with Gasteiger partial charge in [-0.2, -0.15) is 0 Å². The number of fused-ring (bicyclic) bond motifs is 1. The highest BCUT2D eigenvalue weighted by Gasteiger charge is 2.12. The van der Waals surface area contributed by atoms with E-state index in [9.17, 15) is 0 Å². The summed E-state index contributed by atoms with van der Waals surface area (Å²) in [6, 6.07) is 12.7. The lowest BCUT2D eigenvalue weighted by Crippen LogP contribution is -1.95. The zero-order valence-electron chi connectivity index (χ0n) is 11.7. The molecule has 0 saturated carbocycles. The van der Waals surface area contributed by atoms with Crippen LogP contribution in [0.25, 0.3) is 5.65 Å². The van der Waals surface area contributed by atoms with Crippen molar-refractivity contribution < 1.29 is 0 Å². The second-order valence-corrected chi connectivity index (χ2v) is 5.46. The van der Waals surface area contributed by atoms with Crippen molar-refractivity contribution in [1.29, 1.82) is 0 Å². The van der Waals surface area contributed by atoms with Crippen LogP contribution >= 0.6 is 11.6 Å². The molecule has 0 atom stereocenters. The molecule has 0 fully saturated rings. The second kappa shape index (κ2) is 5.29. The molecule has 2 heterocycles. The van der Waals surface area contributed by atoms with Crippen molar-refractivity contribution in [2.75, 3.05) is 0 Å². The number of nitrogens with zero attached hydrogens (tertiary/aromatic N) is 2. The van der Waals surface area contributed by atoms with Crippen LogP contribution in [0, 0.1) is 13.8 Å². The average Bonchev–Trinajstić information content (AvgIpc) is 2.77. The summed E-state index contributed by atoms with van der Waals surface area (Å²) >= 11 is 6.14. The van der Waals surface area contributed by atoms with Gasteiger partial charge in [-0.05, 0) is 31.0 Å². The van der Waals surface area contributed by atoms with Gasteiger partial charge in [-0.3, -0.25) is 0 Å². The van der Waals surface area contributed by atoms with Crippen LogP contribution in [0.4, 0.5) is 0 Å². The Bertz CT molecular complexity index is 759. The van der Waals surface area contributed by atoms with Gasteiger partial charge in [0.05, 0.1) is 17.3 Å². The van der Waals surface area contributed by atoms with Gasteiger partial charge in [0, 0.05) is 12.6 Å². The van der Waals surface area contributed by atoms with Gasteiger partial charge >= 0.3 is 0 Å². The zero-order valence-corrected chi connectivity index (χ0v) is 12.5. The van der Waals surface area contributed by atoms with E-state index in [0.717, 1.165) is 23.5 Å². The molecule has 0 amide bonds. The molecule has 20 heavy (non-hydrogen) atoms. The zero-order chi connectivity index (χ0) is 14.1. The summed E-state index contributed by atoms with van der Waals surface area (Å²) in [6.07, 6.45) is 2.86. The Morgan fingerprint density at radius 2 is 2.00 bits per heavy atom. The largest absolute Gasteiger partial charge is 0.302 e. The van der Waals surface area contributed by atoms with Crippen molar-refractivity contribution in [3.05, 3.63) is 70.7 Å². The van der Waals surface area contributed by atoms with E-state index in [-0.39, 0.29) is 0 Å². The molecule has 102 valence electrons. The van der Waals surface area contributed by atoms with Crippen LogP contribution in [-0.2, 0) is 12.3 Å². The first-order valence-electron chi connectivity index (χ1n) is 6.76. The fraction of sp³-hybridized carbons (Fsp3) is 0.235. The van der Waals surface area contributed by atoms with Crippen LogP contribution < -0.4 is 0 Å². The molecule has 1 aromatic carbocycles. The number of hydrogen-bond donors (Lipinski definition) is 0. The molecular weight excluding hydrogens is 268 g/mol. The molecule has 0 aliphatic carbocycles. The van der Waals surface area contributed by atoms with Crippen LogP contribution in [0.15, 0.2) is 42.6 Å². The van der Waals surface area contributed by atoms with Crippen LogP contribution in [-0.4, -0.2) is 9.38 Å². The summed E-state index contributed by atoms with van der Waals surface area (Å²) < 4.78 is 2.10. The Morgan fingerprint density at radius 1 is 1.15 bits per heavy atom. The van der Waals surface area contributed by atoms with E-state index in [4.69, 9.17) is 16.6 Å². The van der Waals surface area contributed by atoms with E-state index < -0.39 is 0 Å². The third-order valence-electron chi connectivity index (χ3n) is 3.61. The highest BCUT2D eigenvalue weighted by molar-refractivity contribution is 6.17. The Hall–Kier alpha value is -1.80. The average molecular weight is 285 g/mol. The van der Waals surface area contributed by atoms with Gasteiger partial charge in [0.2, 0.25) is 0 Å². The molecule has 3 aromatic rings. The molecule has 0 unspecified atom stereocenters. The Kier molecular flexibility index (Phi) is 3.49. The molecule has 0 N–H and O–H groups in total. The number of aromatic nitrogens is 2. The third-order valence-corrected chi connectivity index (χ3v) is 3.86. The summed E-state index contributed by atoms with van der Waals surface area (Å²) in [5.41, 5.74) is 6.89. The fourth-order valence-electron chi connectivity index (χ4n) is 2.60. The van der Waals surface area contributed by atoms with E-state index >= 15 is 0 Å². The molecule has 2 aromatic heterocycles. The van der Waals surface area contributed by atoms with Gasteiger partial charge < -0.3 is 4.40 Å². The number of imidazole rings is 1. The number of aryl methyl sites for hydroxylation is 2. The lowest BCUT2D eigenvalue weighted by Gasteiger charge is -2.03. The van der Waals surface area contributed by atoms with E-state index in [1.165, 1.54) is 16.7 Å². The minimum absolute atomic E-state index is 0.478. The smallest absolute Gasteiger partial charge is 0.140 e. The standard InChI is InChI=1S/C17H17ClN2/c1-12-5-3-7-14(9-12)10-15-16(11-18)20-8-4-6-13(2)17(20)19-15/h3-9H,10-11H2,1-2H3. The summed E-state index contributed by atoms with van der Waals surface area (Å²) in [5, 5.41) is 0. The topological polar surface area (TPSA) is 17.3 Å². The molecular formula is C17H17ClN2. The van der Waals surface area contributed by atoms with E-state index in [0.29, 0.717) is 5.88 Å². The molecule has 0 bridgehead atoms. The number of hydrogen-bond acceptors (Lipinski definition) is 1. The number of rotatable bonds is 3. The second-order valence-electron chi connectivity index (χ2n) is 5.19. The molecule has 0 spiro atoms. The van der Waals surface area contributed by atoms with Crippen LogP contribution in [0.2, 0.25) is 0 Å². The summed E-state index contributed by atoms with van der Waals surface area (Å²) in [6.45, 7) is 4.19. The molecule has 3 heteroatoms. The third kappa shape index (κ3) is 2.32. The van der Waals surface area contributed by atoms with Crippen LogP contribution in [0.5, 0.6) is 0 Å². The van der Waals surface area contributed by atoms with Gasteiger partial charge in [-0.1, -0.05) is 35.9 Å². The van der Waals surface area contributed by atoms with Gasteiger partial charge in [0.1, 0.15) is 5.65 Å². The molecule has 3 rings (SSSR count). The highest BCUT2D eigenvalue weighted by atomic mass is 35.5. The van der Waals surface area contributed by atoms with Crippen molar-refractivity contribution in [2.45, 2.75) is 26.1 Å². The van der Waals surface area contributed by atoms with E-state index in [1.807, 2.05) is 12.3 Å². The lowest BCUT2D eigenvalue weighted by molar-refractivity contribution is 1.03. The van der Waals surface area contributed by atoms with E-state index in [1.54, 1.807) is 0 Å². The number of halogens is 1. The van der Waals surface area contributed by atoms with Crippen molar-refractivity contribution in [3.8, 4) is 0 Å². The van der Waals surface area contributed by atoms with Crippen LogP contribution in [0.1, 0.15) is 28.1 Å². The first kappa shape index (κ1) is 13.2. The van der Waals surface area contributed by atoms with E-state index in [2.05, 4.69) is 48.6 Å². The maximum absolute atomic E-state index is 6.14. The van der Waals surface area contributed by atoms with Crippen molar-refractivity contribution >= 4 is 17.2 Å². The Morgan fingerprint density at radius 3 is 2.75 bits per heavy atom. The monoisotopic (exact) mass is 284 g/mol. The summed E-state index contributed by atoms with van der Waals surface area (Å²) in [5.74, 6) is 0.478. The van der Waals surface area contributed by atoms with Gasteiger partial charge in [-0.15, -0.1) is 11.6 Å². The normalized spacial score (nSPS) is 11.2. The summed E-state index contributed by atoms with van der Waals surface area (Å²) in [4.78, 5) is 4.79. The number of benzene rings is 1. The predicted molar refractivity (Wildman–Crippen MR) is 83.5 cm³/mol. The number of pyridine rings is 1. The molecule has 0 aliphatic rings. The Balaban J connectivity index is 2.09. The Labute approximate surface area is 124 Å².